The van der Waals surface area contributed by atoms with Crippen molar-refractivity contribution >= 4 is 45.6 Å². The zero-order valence-corrected chi connectivity index (χ0v) is 21.3. The van der Waals surface area contributed by atoms with Gasteiger partial charge < -0.3 is 20.1 Å². The van der Waals surface area contributed by atoms with Crippen LogP contribution in [0.3, 0.4) is 0 Å². The molecular formula is C26H25BrN4O5. The fourth-order valence-electron chi connectivity index (χ4n) is 2.94. The largest absolute Gasteiger partial charge is 0.493 e. The van der Waals surface area contributed by atoms with Crippen LogP contribution < -0.4 is 25.5 Å². The third kappa shape index (κ3) is 8.24. The van der Waals surface area contributed by atoms with Crippen molar-refractivity contribution in [3.05, 3.63) is 87.9 Å². The molecule has 3 rings (SSSR count). The number of aryl methyl sites for hydroxylation is 1. The van der Waals surface area contributed by atoms with Crippen molar-refractivity contribution in [2.24, 2.45) is 5.10 Å². The van der Waals surface area contributed by atoms with Crippen LogP contribution in [0, 0.1) is 6.92 Å². The van der Waals surface area contributed by atoms with Crippen LogP contribution in [0.4, 0.5) is 5.69 Å². The number of hydrogen-bond donors (Lipinski definition) is 3. The molecule has 0 radical (unpaired) electrons. The molecule has 0 atom stereocenters. The van der Waals surface area contributed by atoms with Crippen molar-refractivity contribution in [2.45, 2.75) is 13.5 Å². The van der Waals surface area contributed by atoms with E-state index in [1.54, 1.807) is 30.3 Å². The van der Waals surface area contributed by atoms with Crippen molar-refractivity contribution in [3.8, 4) is 11.5 Å². The molecule has 3 amide bonds. The maximum absolute atomic E-state index is 12.2. The Bertz CT molecular complexity index is 1240. The highest BCUT2D eigenvalue weighted by Gasteiger charge is 2.12. The minimum Gasteiger partial charge on any atom is -0.493 e. The molecule has 0 aromatic heterocycles. The molecule has 3 N–H and O–H groups in total. The molecule has 0 fully saturated rings. The predicted molar refractivity (Wildman–Crippen MR) is 140 cm³/mol. The van der Waals surface area contributed by atoms with E-state index in [1.807, 2.05) is 43.3 Å². The highest BCUT2D eigenvalue weighted by atomic mass is 79.9. The summed E-state index contributed by atoms with van der Waals surface area (Å²) in [6, 6.07) is 19.7. The van der Waals surface area contributed by atoms with Crippen LogP contribution in [0.2, 0.25) is 0 Å². The lowest BCUT2D eigenvalue weighted by molar-refractivity contribution is -0.139. The third-order valence-corrected chi connectivity index (χ3v) is 5.36. The maximum Gasteiger partial charge on any atom is 0.329 e. The van der Waals surface area contributed by atoms with Crippen molar-refractivity contribution in [3.63, 3.8) is 0 Å². The van der Waals surface area contributed by atoms with Gasteiger partial charge in [-0.1, -0.05) is 45.8 Å². The number of benzene rings is 3. The molecule has 36 heavy (non-hydrogen) atoms. The smallest absolute Gasteiger partial charge is 0.329 e. The van der Waals surface area contributed by atoms with Crippen LogP contribution >= 0.6 is 15.9 Å². The highest BCUT2D eigenvalue weighted by Crippen LogP contribution is 2.27. The fourth-order valence-corrected chi connectivity index (χ4v) is 3.21. The lowest BCUT2D eigenvalue weighted by Gasteiger charge is -2.11. The number of methoxy groups -OCH3 is 1. The van der Waals surface area contributed by atoms with Crippen LogP contribution in [-0.2, 0) is 20.9 Å². The van der Waals surface area contributed by atoms with Crippen LogP contribution in [0.1, 0.15) is 16.7 Å². The Morgan fingerprint density at radius 2 is 1.67 bits per heavy atom. The molecule has 10 heteroatoms. The number of carbonyl (C=O) groups excluding carboxylic acids is 3. The lowest BCUT2D eigenvalue weighted by atomic mass is 10.1. The maximum atomic E-state index is 12.2. The van der Waals surface area contributed by atoms with E-state index >= 15 is 0 Å². The number of halogens is 1. The predicted octanol–water partition coefficient (Wildman–Crippen LogP) is 3.55. The van der Waals surface area contributed by atoms with Gasteiger partial charge in [-0.25, -0.2) is 5.43 Å². The molecule has 0 aliphatic rings. The number of amides is 3. The van der Waals surface area contributed by atoms with Gasteiger partial charge in [-0.2, -0.15) is 5.10 Å². The Morgan fingerprint density at radius 3 is 2.36 bits per heavy atom. The SMILES string of the molecule is COc1cc(/C=N\NC(=O)C(=O)NCc2ccc(C)cc2)ccc1OCC(=O)Nc1ccc(Br)cc1. The number of rotatable bonds is 9. The molecule has 0 saturated heterocycles. The second kappa shape index (κ2) is 13.1. The summed E-state index contributed by atoms with van der Waals surface area (Å²) in [6.45, 7) is 1.98. The number of anilines is 1. The minimum absolute atomic E-state index is 0.215. The summed E-state index contributed by atoms with van der Waals surface area (Å²) in [5.74, 6) is -1.27. The quantitative estimate of drug-likeness (QED) is 0.213. The lowest BCUT2D eigenvalue weighted by Crippen LogP contribution is -2.37. The van der Waals surface area contributed by atoms with E-state index in [4.69, 9.17) is 9.47 Å². The highest BCUT2D eigenvalue weighted by molar-refractivity contribution is 9.10. The van der Waals surface area contributed by atoms with E-state index in [0.717, 1.165) is 15.6 Å². The molecule has 0 bridgehead atoms. The first-order chi connectivity index (χ1) is 17.3. The number of hydrazone groups is 1. The Labute approximate surface area is 217 Å². The number of ether oxygens (including phenoxy) is 2. The number of carbonyl (C=O) groups is 3. The van der Waals surface area contributed by atoms with E-state index in [0.29, 0.717) is 22.7 Å². The molecule has 3 aromatic carbocycles. The second-order valence-electron chi connectivity index (χ2n) is 7.62. The zero-order chi connectivity index (χ0) is 25.9. The normalized spacial score (nSPS) is 10.5. The van der Waals surface area contributed by atoms with Gasteiger partial charge in [-0.15, -0.1) is 0 Å². The van der Waals surface area contributed by atoms with E-state index in [-0.39, 0.29) is 19.1 Å². The molecule has 0 aliphatic heterocycles. The van der Waals surface area contributed by atoms with Gasteiger partial charge in [0.15, 0.2) is 18.1 Å². The molecule has 0 spiro atoms. The van der Waals surface area contributed by atoms with Gasteiger partial charge in [-0.3, -0.25) is 14.4 Å². The Morgan fingerprint density at radius 1 is 0.944 bits per heavy atom. The molecule has 3 aromatic rings. The van der Waals surface area contributed by atoms with Crippen molar-refractivity contribution in [1.29, 1.82) is 0 Å². The van der Waals surface area contributed by atoms with Crippen molar-refractivity contribution in [1.82, 2.24) is 10.7 Å². The molecule has 0 aliphatic carbocycles. The number of nitrogens with zero attached hydrogens (tertiary/aromatic N) is 1. The minimum atomic E-state index is -0.887. The molecule has 0 heterocycles. The van der Waals surface area contributed by atoms with Crippen LogP contribution in [0.25, 0.3) is 0 Å². The van der Waals surface area contributed by atoms with E-state index in [1.165, 1.54) is 13.3 Å². The van der Waals surface area contributed by atoms with Crippen molar-refractivity contribution in [2.75, 3.05) is 19.0 Å². The van der Waals surface area contributed by atoms with E-state index in [2.05, 4.69) is 37.1 Å². The molecule has 186 valence electrons. The number of nitrogens with one attached hydrogen (secondary N) is 3. The first kappa shape index (κ1) is 26.4. The monoisotopic (exact) mass is 552 g/mol. The van der Waals surface area contributed by atoms with E-state index < -0.39 is 11.8 Å². The van der Waals surface area contributed by atoms with E-state index in [9.17, 15) is 14.4 Å². The fraction of sp³-hybridized carbons (Fsp3) is 0.154. The van der Waals surface area contributed by atoms with Gasteiger partial charge in [0, 0.05) is 16.7 Å². The van der Waals surface area contributed by atoms with Gasteiger partial charge in [0.05, 0.1) is 13.3 Å². The first-order valence-corrected chi connectivity index (χ1v) is 11.7. The average molecular weight is 553 g/mol. The third-order valence-electron chi connectivity index (χ3n) is 4.83. The molecule has 0 unspecified atom stereocenters. The van der Waals surface area contributed by atoms with Gasteiger partial charge in [0.25, 0.3) is 5.91 Å². The van der Waals surface area contributed by atoms with Gasteiger partial charge >= 0.3 is 11.8 Å². The summed E-state index contributed by atoms with van der Waals surface area (Å²) >= 11 is 3.34. The number of hydrogen-bond acceptors (Lipinski definition) is 6. The van der Waals surface area contributed by atoms with Crippen LogP contribution in [0.5, 0.6) is 11.5 Å². The van der Waals surface area contributed by atoms with Gasteiger partial charge in [0.2, 0.25) is 0 Å². The zero-order valence-electron chi connectivity index (χ0n) is 19.7. The topological polar surface area (TPSA) is 118 Å². The summed E-state index contributed by atoms with van der Waals surface area (Å²) in [6.07, 6.45) is 1.36. The molecular weight excluding hydrogens is 528 g/mol. The van der Waals surface area contributed by atoms with Gasteiger partial charge in [0.1, 0.15) is 0 Å². The Balaban J connectivity index is 1.48. The van der Waals surface area contributed by atoms with Crippen molar-refractivity contribution < 1.29 is 23.9 Å². The average Bonchev–Trinajstić information content (AvgIpc) is 2.88. The standard InChI is InChI=1S/C26H25BrN4O5/c1-17-3-5-18(6-4-17)14-28-25(33)26(34)31-29-15-19-7-12-22(23(13-19)35-2)36-16-24(32)30-21-10-8-20(27)9-11-21/h3-13,15H,14,16H2,1-2H3,(H,28,33)(H,30,32)(H,31,34)/b29-15-. The van der Waals surface area contributed by atoms with Gasteiger partial charge in [-0.05, 0) is 60.5 Å². The second-order valence-corrected chi connectivity index (χ2v) is 8.54. The summed E-state index contributed by atoms with van der Waals surface area (Å²) in [5.41, 5.74) is 5.40. The molecule has 9 nitrogen and oxygen atoms in total. The van der Waals surface area contributed by atoms with Crippen LogP contribution in [0.15, 0.2) is 76.3 Å². The summed E-state index contributed by atoms with van der Waals surface area (Å²) in [7, 11) is 1.46. The Kier molecular flexibility index (Phi) is 9.58. The summed E-state index contributed by atoms with van der Waals surface area (Å²) in [5, 5.41) is 9.09. The first-order valence-electron chi connectivity index (χ1n) is 10.9. The Hall–Kier alpha value is -4.18. The molecule has 0 saturated carbocycles. The summed E-state index contributed by atoms with van der Waals surface area (Å²) < 4.78 is 11.8. The summed E-state index contributed by atoms with van der Waals surface area (Å²) in [4.78, 5) is 36.1. The van der Waals surface area contributed by atoms with Crippen LogP contribution in [-0.4, -0.2) is 37.7 Å².